The van der Waals surface area contributed by atoms with E-state index in [-0.39, 0.29) is 17.7 Å². The van der Waals surface area contributed by atoms with E-state index in [0.29, 0.717) is 18.9 Å². The molecule has 1 unspecified atom stereocenters. The molecule has 3 saturated heterocycles. The van der Waals surface area contributed by atoms with Gasteiger partial charge in [-0.2, -0.15) is 5.10 Å². The maximum atomic E-state index is 12.5. The fourth-order valence-corrected chi connectivity index (χ4v) is 5.65. The van der Waals surface area contributed by atoms with E-state index in [1.54, 1.807) is 0 Å². The number of para-hydroxylation sites is 1. The molecule has 3 fully saturated rings. The number of piperidine rings is 2. The third-order valence-electron chi connectivity index (χ3n) is 7.53. The largest absolute Gasteiger partial charge is 0.370 e. The average Bonchev–Trinajstić information content (AvgIpc) is 3.12. The van der Waals surface area contributed by atoms with E-state index in [2.05, 4.69) is 45.6 Å². The summed E-state index contributed by atoms with van der Waals surface area (Å²) in [5.74, 6) is -0.0325. The molecule has 0 bridgehead atoms. The number of rotatable bonds is 4. The van der Waals surface area contributed by atoms with Crippen molar-refractivity contribution in [1.29, 1.82) is 0 Å². The van der Waals surface area contributed by atoms with Crippen LogP contribution < -0.4 is 15.5 Å². The van der Waals surface area contributed by atoms with Gasteiger partial charge in [-0.1, -0.05) is 12.1 Å². The molecule has 0 radical (unpaired) electrons. The van der Waals surface area contributed by atoms with Crippen LogP contribution in [0.1, 0.15) is 44.2 Å². The highest BCUT2D eigenvalue weighted by atomic mass is 16.2. The summed E-state index contributed by atoms with van der Waals surface area (Å²) in [5, 5.41) is 11.7. The van der Waals surface area contributed by atoms with Crippen molar-refractivity contribution in [1.82, 2.24) is 25.3 Å². The summed E-state index contributed by atoms with van der Waals surface area (Å²) < 4.78 is 1.91. The summed E-state index contributed by atoms with van der Waals surface area (Å²) in [4.78, 5) is 29.2. The smallest absolute Gasteiger partial charge is 0.235 e. The summed E-state index contributed by atoms with van der Waals surface area (Å²) in [6.07, 6.45) is 3.29. The zero-order chi connectivity index (χ0) is 22.2. The number of fused-ring (bicyclic) bond motifs is 1. The molecule has 8 nitrogen and oxygen atoms in total. The predicted molar refractivity (Wildman–Crippen MR) is 125 cm³/mol. The Balaban J connectivity index is 1.33. The van der Waals surface area contributed by atoms with Crippen molar-refractivity contribution in [3.8, 4) is 0 Å². The van der Waals surface area contributed by atoms with Crippen LogP contribution in [0.2, 0.25) is 0 Å². The molecular formula is C24H34N6O2. The van der Waals surface area contributed by atoms with E-state index in [1.165, 1.54) is 25.1 Å². The van der Waals surface area contributed by atoms with E-state index in [4.69, 9.17) is 5.10 Å². The average molecular weight is 439 g/mol. The van der Waals surface area contributed by atoms with Crippen LogP contribution in [0.5, 0.6) is 0 Å². The molecule has 2 atom stereocenters. The monoisotopic (exact) mass is 438 g/mol. The number of aromatic nitrogens is 2. The molecule has 3 aliphatic heterocycles. The van der Waals surface area contributed by atoms with Crippen molar-refractivity contribution in [2.45, 2.75) is 44.6 Å². The maximum absolute atomic E-state index is 12.5. The van der Waals surface area contributed by atoms with E-state index < -0.39 is 0 Å². The number of hydrogen-bond acceptors (Lipinski definition) is 6. The lowest BCUT2D eigenvalue weighted by Crippen LogP contribution is -2.52. The topological polar surface area (TPSA) is 82.5 Å². The molecule has 1 aromatic heterocycles. The van der Waals surface area contributed by atoms with Crippen molar-refractivity contribution in [2.75, 3.05) is 44.2 Å². The third kappa shape index (κ3) is 4.01. The summed E-state index contributed by atoms with van der Waals surface area (Å²) in [5.41, 5.74) is 3.07. The Morgan fingerprint density at radius 1 is 1.12 bits per heavy atom. The van der Waals surface area contributed by atoms with Crippen molar-refractivity contribution in [2.24, 2.45) is 13.0 Å². The number of benzene rings is 1. The van der Waals surface area contributed by atoms with Crippen LogP contribution in [0.25, 0.3) is 10.9 Å². The number of imide groups is 1. The molecule has 2 amide bonds. The minimum Gasteiger partial charge on any atom is -0.370 e. The number of nitrogens with one attached hydrogen (secondary N) is 2. The second kappa shape index (κ2) is 8.83. The molecule has 2 N–H and O–H groups in total. The molecule has 5 rings (SSSR count). The van der Waals surface area contributed by atoms with Crippen LogP contribution in [0.3, 0.4) is 0 Å². The maximum Gasteiger partial charge on any atom is 0.235 e. The molecule has 0 saturated carbocycles. The zero-order valence-electron chi connectivity index (χ0n) is 19.1. The van der Waals surface area contributed by atoms with Crippen molar-refractivity contribution >= 4 is 28.4 Å². The third-order valence-corrected chi connectivity index (χ3v) is 7.53. The molecule has 0 spiro atoms. The standard InChI is InChI=1S/C24H34N6O2/c1-16-14-25-10-13-30(16)15-17-8-11-29(12-9-17)20-5-3-4-18-22(27-28(2)23(18)20)19-6-7-21(31)26-24(19)32/h3-5,16-17,19,25H,6-15H2,1-2H3,(H,26,31,32)/t16-,19?/m1/s1. The first kappa shape index (κ1) is 21.4. The van der Waals surface area contributed by atoms with Crippen LogP contribution in [0.4, 0.5) is 5.69 Å². The second-order valence-electron chi connectivity index (χ2n) is 9.66. The van der Waals surface area contributed by atoms with Crippen molar-refractivity contribution in [3.05, 3.63) is 23.9 Å². The molecule has 2 aromatic rings. The van der Waals surface area contributed by atoms with Gasteiger partial charge in [0, 0.05) is 64.2 Å². The number of amides is 2. The fourth-order valence-electron chi connectivity index (χ4n) is 5.65. The molecule has 8 heteroatoms. The van der Waals surface area contributed by atoms with Gasteiger partial charge in [0.25, 0.3) is 0 Å². The number of carbonyl (C=O) groups excluding carboxylic acids is 2. The van der Waals surface area contributed by atoms with Gasteiger partial charge in [0.2, 0.25) is 11.8 Å². The number of carbonyl (C=O) groups is 2. The van der Waals surface area contributed by atoms with Crippen molar-refractivity contribution < 1.29 is 9.59 Å². The first-order valence-electron chi connectivity index (χ1n) is 12.0. The number of piperazine rings is 1. The van der Waals surface area contributed by atoms with Crippen LogP contribution in [-0.4, -0.2) is 71.8 Å². The van der Waals surface area contributed by atoms with Gasteiger partial charge in [-0.25, -0.2) is 0 Å². The van der Waals surface area contributed by atoms with Gasteiger partial charge in [-0.05, 0) is 38.2 Å². The van der Waals surface area contributed by atoms with E-state index >= 15 is 0 Å². The highest BCUT2D eigenvalue weighted by molar-refractivity contribution is 6.03. The van der Waals surface area contributed by atoms with Gasteiger partial charge < -0.3 is 10.2 Å². The van der Waals surface area contributed by atoms with Gasteiger partial charge in [0.05, 0.1) is 22.8 Å². The molecule has 172 valence electrons. The van der Waals surface area contributed by atoms with Crippen LogP contribution in [0, 0.1) is 5.92 Å². The van der Waals surface area contributed by atoms with Gasteiger partial charge in [0.1, 0.15) is 0 Å². The zero-order valence-corrected chi connectivity index (χ0v) is 19.1. The minimum absolute atomic E-state index is 0.190. The molecule has 3 aliphatic rings. The quantitative estimate of drug-likeness (QED) is 0.706. The Hall–Kier alpha value is -2.45. The summed E-state index contributed by atoms with van der Waals surface area (Å²) in [6.45, 7) is 8.96. The minimum atomic E-state index is -0.363. The number of anilines is 1. The fraction of sp³-hybridized carbons (Fsp3) is 0.625. The predicted octanol–water partition coefficient (Wildman–Crippen LogP) is 1.60. The van der Waals surface area contributed by atoms with Gasteiger partial charge >= 0.3 is 0 Å². The Labute approximate surface area is 189 Å². The molecule has 32 heavy (non-hydrogen) atoms. The van der Waals surface area contributed by atoms with Gasteiger partial charge in [0.15, 0.2) is 0 Å². The summed E-state index contributed by atoms with van der Waals surface area (Å²) in [6, 6.07) is 6.93. The van der Waals surface area contributed by atoms with Crippen LogP contribution in [0.15, 0.2) is 18.2 Å². The first-order chi connectivity index (χ1) is 15.5. The number of nitrogens with zero attached hydrogens (tertiary/aromatic N) is 4. The SMILES string of the molecule is C[C@@H]1CNCCN1CC1CCN(c2cccc3c(C4CCC(=O)NC4=O)nn(C)c23)CC1. The highest BCUT2D eigenvalue weighted by Crippen LogP contribution is 2.36. The van der Waals surface area contributed by atoms with Crippen LogP contribution in [-0.2, 0) is 16.6 Å². The molecule has 1 aromatic carbocycles. The summed E-state index contributed by atoms with van der Waals surface area (Å²) >= 11 is 0. The lowest BCUT2D eigenvalue weighted by atomic mass is 9.92. The Morgan fingerprint density at radius 2 is 1.94 bits per heavy atom. The van der Waals surface area contributed by atoms with E-state index in [0.717, 1.165) is 55.2 Å². The molecule has 4 heterocycles. The second-order valence-corrected chi connectivity index (χ2v) is 9.66. The molecular weight excluding hydrogens is 404 g/mol. The Bertz CT molecular complexity index is 1010. The Kier molecular flexibility index (Phi) is 5.90. The Morgan fingerprint density at radius 3 is 2.69 bits per heavy atom. The van der Waals surface area contributed by atoms with Gasteiger partial charge in [-0.3, -0.25) is 24.5 Å². The lowest BCUT2D eigenvalue weighted by Gasteiger charge is -2.40. The normalized spacial score (nSPS) is 26.0. The summed E-state index contributed by atoms with van der Waals surface area (Å²) in [7, 11) is 1.96. The molecule has 0 aliphatic carbocycles. The lowest BCUT2D eigenvalue weighted by molar-refractivity contribution is -0.134. The van der Waals surface area contributed by atoms with E-state index in [9.17, 15) is 9.59 Å². The number of aryl methyl sites for hydroxylation is 1. The first-order valence-corrected chi connectivity index (χ1v) is 12.0. The van der Waals surface area contributed by atoms with E-state index in [1.807, 2.05) is 11.7 Å². The number of hydrogen-bond donors (Lipinski definition) is 2. The van der Waals surface area contributed by atoms with Gasteiger partial charge in [-0.15, -0.1) is 0 Å². The highest BCUT2D eigenvalue weighted by Gasteiger charge is 2.33. The van der Waals surface area contributed by atoms with Crippen molar-refractivity contribution in [3.63, 3.8) is 0 Å². The van der Waals surface area contributed by atoms with Crippen LogP contribution >= 0.6 is 0 Å².